The summed E-state index contributed by atoms with van der Waals surface area (Å²) in [7, 11) is 0. The molecule has 1 aliphatic rings. The van der Waals surface area contributed by atoms with Crippen molar-refractivity contribution in [1.82, 2.24) is 9.97 Å². The van der Waals surface area contributed by atoms with Crippen LogP contribution in [0.15, 0.2) is 47.5 Å². The Bertz CT molecular complexity index is 1040. The first-order valence-corrected chi connectivity index (χ1v) is 9.56. The van der Waals surface area contributed by atoms with Crippen LogP contribution in [0.4, 0.5) is 4.39 Å². The Labute approximate surface area is 166 Å². The zero-order valence-corrected chi connectivity index (χ0v) is 16.0. The number of rotatable bonds is 2. The number of amides is 1. The SMILES string of the molecule is Fc1ccc(C2CCCCC2)c(Cl)c1.NC(=O)c1nccc2[nH]ccc(=O)c12. The quantitative estimate of drug-likeness (QED) is 0.660. The largest absolute Gasteiger partial charge is 0.364 e. The predicted molar refractivity (Wildman–Crippen MR) is 108 cm³/mol. The fraction of sp³-hybridized carbons (Fsp3) is 0.286. The molecule has 0 unspecified atom stereocenters. The summed E-state index contributed by atoms with van der Waals surface area (Å²) in [6.07, 6.45) is 9.22. The van der Waals surface area contributed by atoms with Gasteiger partial charge in [0.15, 0.2) is 5.43 Å². The Morgan fingerprint density at radius 3 is 2.61 bits per heavy atom. The van der Waals surface area contributed by atoms with Gasteiger partial charge in [0.1, 0.15) is 11.5 Å². The number of carbonyl (C=O) groups is 1. The number of aromatic nitrogens is 2. The van der Waals surface area contributed by atoms with Crippen LogP contribution in [0.25, 0.3) is 10.9 Å². The molecule has 1 saturated carbocycles. The fourth-order valence-electron chi connectivity index (χ4n) is 3.55. The Balaban J connectivity index is 0.000000161. The first kappa shape index (κ1) is 20.0. The van der Waals surface area contributed by atoms with Crippen molar-refractivity contribution >= 4 is 28.4 Å². The molecule has 5 nitrogen and oxygen atoms in total. The molecule has 0 spiro atoms. The van der Waals surface area contributed by atoms with Gasteiger partial charge in [-0.1, -0.05) is 36.9 Å². The summed E-state index contributed by atoms with van der Waals surface area (Å²) >= 11 is 6.02. The van der Waals surface area contributed by atoms with Gasteiger partial charge in [-0.15, -0.1) is 0 Å². The van der Waals surface area contributed by atoms with Gasteiger partial charge in [0.05, 0.1) is 10.9 Å². The third kappa shape index (κ3) is 4.57. The third-order valence-corrected chi connectivity index (χ3v) is 5.24. The molecule has 0 saturated heterocycles. The number of carbonyl (C=O) groups excluding carboxylic acids is 1. The fourth-order valence-corrected chi connectivity index (χ4v) is 3.88. The lowest BCUT2D eigenvalue weighted by Crippen LogP contribution is -2.17. The molecular formula is C21H21ClFN3O2. The van der Waals surface area contributed by atoms with E-state index in [9.17, 15) is 14.0 Å². The summed E-state index contributed by atoms with van der Waals surface area (Å²) in [4.78, 5) is 29.0. The highest BCUT2D eigenvalue weighted by Gasteiger charge is 2.18. The molecule has 4 rings (SSSR count). The number of nitrogens with two attached hydrogens (primary N) is 1. The molecular weight excluding hydrogens is 381 g/mol. The predicted octanol–water partition coefficient (Wildman–Crippen LogP) is 4.55. The summed E-state index contributed by atoms with van der Waals surface area (Å²) in [6, 6.07) is 7.72. The second kappa shape index (κ2) is 8.97. The summed E-state index contributed by atoms with van der Waals surface area (Å²) in [5, 5.41) is 0.833. The Morgan fingerprint density at radius 2 is 1.93 bits per heavy atom. The molecule has 7 heteroatoms. The van der Waals surface area contributed by atoms with Gasteiger partial charge in [-0.2, -0.15) is 0 Å². The number of pyridine rings is 2. The van der Waals surface area contributed by atoms with Crippen LogP contribution >= 0.6 is 11.6 Å². The van der Waals surface area contributed by atoms with Crippen molar-refractivity contribution in [2.45, 2.75) is 38.0 Å². The number of halogens is 2. The molecule has 2 aromatic heterocycles. The van der Waals surface area contributed by atoms with Crippen LogP contribution in [0.2, 0.25) is 5.02 Å². The van der Waals surface area contributed by atoms with E-state index in [2.05, 4.69) is 9.97 Å². The Hall–Kier alpha value is -2.73. The van der Waals surface area contributed by atoms with Gasteiger partial charge in [0.25, 0.3) is 5.91 Å². The highest BCUT2D eigenvalue weighted by Crippen LogP contribution is 2.36. The first-order valence-electron chi connectivity index (χ1n) is 9.18. The normalized spacial score (nSPS) is 14.4. The van der Waals surface area contributed by atoms with Crippen molar-refractivity contribution in [3.63, 3.8) is 0 Å². The monoisotopic (exact) mass is 401 g/mol. The lowest BCUT2D eigenvalue weighted by atomic mass is 9.84. The minimum Gasteiger partial charge on any atom is -0.364 e. The van der Waals surface area contributed by atoms with Crippen molar-refractivity contribution in [2.75, 3.05) is 0 Å². The van der Waals surface area contributed by atoms with Crippen LogP contribution in [0.3, 0.4) is 0 Å². The van der Waals surface area contributed by atoms with Crippen LogP contribution in [-0.4, -0.2) is 15.9 Å². The van der Waals surface area contributed by atoms with E-state index in [0.717, 1.165) is 5.56 Å². The number of aromatic amines is 1. The van der Waals surface area contributed by atoms with E-state index in [1.807, 2.05) is 6.07 Å². The van der Waals surface area contributed by atoms with Crippen LogP contribution in [0, 0.1) is 5.82 Å². The number of nitrogens with one attached hydrogen (secondary N) is 1. The molecule has 1 aliphatic carbocycles. The van der Waals surface area contributed by atoms with E-state index in [1.165, 1.54) is 62.7 Å². The van der Waals surface area contributed by atoms with Gasteiger partial charge in [0, 0.05) is 23.5 Å². The van der Waals surface area contributed by atoms with E-state index < -0.39 is 5.91 Å². The maximum absolute atomic E-state index is 12.8. The average molecular weight is 402 g/mol. The first-order chi connectivity index (χ1) is 13.5. The van der Waals surface area contributed by atoms with Crippen LogP contribution in [-0.2, 0) is 0 Å². The molecule has 0 atom stereocenters. The summed E-state index contributed by atoms with van der Waals surface area (Å²) in [5.74, 6) is -0.390. The molecule has 1 aromatic carbocycles. The van der Waals surface area contributed by atoms with Crippen molar-refractivity contribution in [1.29, 1.82) is 0 Å². The van der Waals surface area contributed by atoms with Gasteiger partial charge < -0.3 is 10.7 Å². The van der Waals surface area contributed by atoms with E-state index >= 15 is 0 Å². The number of hydrogen-bond acceptors (Lipinski definition) is 3. The summed E-state index contributed by atoms with van der Waals surface area (Å²) in [5.41, 5.74) is 6.52. The minimum atomic E-state index is -0.702. The number of nitrogens with zero attached hydrogens (tertiary/aromatic N) is 1. The minimum absolute atomic E-state index is 0.00403. The summed E-state index contributed by atoms with van der Waals surface area (Å²) < 4.78 is 12.8. The second-order valence-electron chi connectivity index (χ2n) is 6.79. The lowest BCUT2D eigenvalue weighted by Gasteiger charge is -2.22. The van der Waals surface area contributed by atoms with Crippen LogP contribution in [0.1, 0.15) is 54.1 Å². The molecule has 3 aromatic rings. The van der Waals surface area contributed by atoms with Gasteiger partial charge >= 0.3 is 0 Å². The van der Waals surface area contributed by atoms with Crippen molar-refractivity contribution in [3.05, 3.63) is 75.0 Å². The van der Waals surface area contributed by atoms with Gasteiger partial charge in [-0.05, 0) is 42.5 Å². The third-order valence-electron chi connectivity index (χ3n) is 4.91. The van der Waals surface area contributed by atoms with Crippen molar-refractivity contribution < 1.29 is 9.18 Å². The highest BCUT2D eigenvalue weighted by atomic mass is 35.5. The summed E-state index contributed by atoms with van der Waals surface area (Å²) in [6.45, 7) is 0. The molecule has 146 valence electrons. The molecule has 1 amide bonds. The molecule has 0 aliphatic heterocycles. The van der Waals surface area contributed by atoms with Gasteiger partial charge in [-0.3, -0.25) is 14.6 Å². The van der Waals surface area contributed by atoms with Crippen molar-refractivity contribution in [2.24, 2.45) is 5.73 Å². The molecule has 0 radical (unpaired) electrons. The number of fused-ring (bicyclic) bond motifs is 1. The zero-order chi connectivity index (χ0) is 20.1. The number of H-pyrrole nitrogens is 1. The Morgan fingerprint density at radius 1 is 1.18 bits per heavy atom. The van der Waals surface area contributed by atoms with Gasteiger partial charge in [-0.25, -0.2) is 4.39 Å². The molecule has 2 heterocycles. The molecule has 28 heavy (non-hydrogen) atoms. The Kier molecular flexibility index (Phi) is 6.41. The van der Waals surface area contributed by atoms with E-state index in [1.54, 1.807) is 6.07 Å². The molecule has 1 fully saturated rings. The molecule has 0 bridgehead atoms. The van der Waals surface area contributed by atoms with Crippen LogP contribution in [0.5, 0.6) is 0 Å². The van der Waals surface area contributed by atoms with Crippen molar-refractivity contribution in [3.8, 4) is 0 Å². The number of primary amides is 1. The number of hydrogen-bond donors (Lipinski definition) is 2. The molecule has 3 N–H and O–H groups in total. The standard InChI is InChI=1S/C12H14ClF.C9H7N3O2/c13-12-8-10(14)6-7-11(12)9-4-2-1-3-5-9;10-9(14)8-7-5(1-3-12-8)11-4-2-6(7)13/h6-9H,1-5H2;1-4H,(H2,10,14)(H,11,13). The van der Waals surface area contributed by atoms with Crippen LogP contribution < -0.4 is 11.2 Å². The average Bonchev–Trinajstić information content (AvgIpc) is 2.69. The smallest absolute Gasteiger partial charge is 0.268 e. The second-order valence-corrected chi connectivity index (χ2v) is 7.20. The van der Waals surface area contributed by atoms with E-state index in [0.29, 0.717) is 16.5 Å². The van der Waals surface area contributed by atoms with Gasteiger partial charge in [0.2, 0.25) is 0 Å². The number of benzene rings is 1. The lowest BCUT2D eigenvalue weighted by molar-refractivity contribution is 0.0997. The maximum Gasteiger partial charge on any atom is 0.268 e. The van der Waals surface area contributed by atoms with E-state index in [-0.39, 0.29) is 22.3 Å². The van der Waals surface area contributed by atoms with E-state index in [4.69, 9.17) is 17.3 Å². The maximum atomic E-state index is 12.8. The topological polar surface area (TPSA) is 88.8 Å². The highest BCUT2D eigenvalue weighted by molar-refractivity contribution is 6.31. The zero-order valence-electron chi connectivity index (χ0n) is 15.3.